The van der Waals surface area contributed by atoms with E-state index in [1.54, 1.807) is 11.8 Å². The van der Waals surface area contributed by atoms with E-state index in [0.717, 1.165) is 9.95 Å². The molecule has 0 aromatic heterocycles. The molecule has 0 N–H and O–H groups in total. The van der Waals surface area contributed by atoms with E-state index < -0.39 is 0 Å². The zero-order valence-corrected chi connectivity index (χ0v) is 10.3. The first-order valence-electron chi connectivity index (χ1n) is 5.21. The fourth-order valence-corrected chi connectivity index (χ4v) is 3.25. The largest absolute Gasteiger partial charge is 0.109 e. The van der Waals surface area contributed by atoms with Crippen molar-refractivity contribution in [1.29, 1.82) is 0 Å². The molecule has 0 unspecified atom stereocenters. The first-order chi connectivity index (χ1) is 7.86. The molecular weight excluding hydrogens is 232 g/mol. The summed E-state index contributed by atoms with van der Waals surface area (Å²) >= 11 is 7.21. The highest BCUT2D eigenvalue weighted by molar-refractivity contribution is 8.23. The molecule has 0 amide bonds. The third kappa shape index (κ3) is 1.58. The lowest BCUT2D eigenvalue weighted by atomic mass is 9.97. The van der Waals surface area contributed by atoms with Crippen LogP contribution in [0, 0.1) is 0 Å². The highest BCUT2D eigenvalue weighted by atomic mass is 32.2. The molecule has 0 saturated heterocycles. The SMILES string of the molecule is S=C1SCc2ccccc2-c2ccccc21. The second-order valence-corrected chi connectivity index (χ2v) is 5.43. The topological polar surface area (TPSA) is 0 Å². The third-order valence-electron chi connectivity index (χ3n) is 2.81. The molecule has 0 aliphatic carbocycles. The quantitative estimate of drug-likeness (QED) is 0.633. The van der Waals surface area contributed by atoms with E-state index in [4.69, 9.17) is 12.2 Å². The molecule has 0 radical (unpaired) electrons. The number of hydrogen-bond donors (Lipinski definition) is 0. The van der Waals surface area contributed by atoms with Crippen molar-refractivity contribution >= 4 is 28.2 Å². The molecule has 2 aromatic carbocycles. The Bertz CT molecular complexity index is 558. The molecule has 3 rings (SSSR count). The second-order valence-electron chi connectivity index (χ2n) is 3.78. The van der Waals surface area contributed by atoms with Gasteiger partial charge in [-0.3, -0.25) is 0 Å². The predicted molar refractivity (Wildman–Crippen MR) is 74.9 cm³/mol. The molecule has 0 fully saturated rings. The Kier molecular flexibility index (Phi) is 2.54. The lowest BCUT2D eigenvalue weighted by Gasteiger charge is -2.07. The fraction of sp³-hybridized carbons (Fsp3) is 0.0714. The van der Waals surface area contributed by atoms with Gasteiger partial charge < -0.3 is 0 Å². The number of thioether (sulfide) groups is 1. The van der Waals surface area contributed by atoms with E-state index in [1.165, 1.54) is 22.3 Å². The highest BCUT2D eigenvalue weighted by Crippen LogP contribution is 2.36. The maximum atomic E-state index is 5.46. The number of fused-ring (bicyclic) bond motifs is 3. The van der Waals surface area contributed by atoms with Crippen LogP contribution in [0.1, 0.15) is 11.1 Å². The van der Waals surface area contributed by atoms with Gasteiger partial charge in [-0.25, -0.2) is 0 Å². The van der Waals surface area contributed by atoms with E-state index in [1.807, 2.05) is 0 Å². The molecule has 2 aromatic rings. The van der Waals surface area contributed by atoms with Crippen LogP contribution in [0.15, 0.2) is 48.5 Å². The maximum Gasteiger partial charge on any atom is 0.0787 e. The lowest BCUT2D eigenvalue weighted by molar-refractivity contribution is 1.42. The van der Waals surface area contributed by atoms with E-state index in [2.05, 4.69) is 48.5 Å². The molecule has 0 spiro atoms. The summed E-state index contributed by atoms with van der Waals surface area (Å²) in [6, 6.07) is 17.0. The molecule has 0 bridgehead atoms. The molecule has 1 aliphatic rings. The van der Waals surface area contributed by atoms with Crippen molar-refractivity contribution < 1.29 is 0 Å². The van der Waals surface area contributed by atoms with E-state index in [9.17, 15) is 0 Å². The van der Waals surface area contributed by atoms with Crippen molar-refractivity contribution in [2.24, 2.45) is 0 Å². The van der Waals surface area contributed by atoms with Gasteiger partial charge in [0.2, 0.25) is 0 Å². The van der Waals surface area contributed by atoms with E-state index in [-0.39, 0.29) is 0 Å². The Morgan fingerprint density at radius 2 is 1.44 bits per heavy atom. The minimum Gasteiger partial charge on any atom is -0.109 e. The summed E-state index contributed by atoms with van der Waals surface area (Å²) in [6.07, 6.45) is 0. The van der Waals surface area contributed by atoms with E-state index in [0.29, 0.717) is 0 Å². The van der Waals surface area contributed by atoms with Crippen LogP contribution in [0.4, 0.5) is 0 Å². The van der Waals surface area contributed by atoms with Crippen LogP contribution in [0.3, 0.4) is 0 Å². The van der Waals surface area contributed by atoms with Crippen molar-refractivity contribution in [3.63, 3.8) is 0 Å². The summed E-state index contributed by atoms with van der Waals surface area (Å²) in [7, 11) is 0. The Labute approximate surface area is 105 Å². The molecule has 1 aliphatic heterocycles. The van der Waals surface area contributed by atoms with Gasteiger partial charge in [-0.05, 0) is 16.7 Å². The normalized spacial score (nSPS) is 13.9. The first-order valence-corrected chi connectivity index (χ1v) is 6.60. The monoisotopic (exact) mass is 242 g/mol. The van der Waals surface area contributed by atoms with Crippen LogP contribution < -0.4 is 0 Å². The lowest BCUT2D eigenvalue weighted by Crippen LogP contribution is -1.91. The second kappa shape index (κ2) is 4.04. The Hall–Kier alpha value is -1.12. The smallest absolute Gasteiger partial charge is 0.0787 e. The van der Waals surface area contributed by atoms with Gasteiger partial charge in [0.15, 0.2) is 0 Å². The minimum absolute atomic E-state index is 0.976. The third-order valence-corrected chi connectivity index (χ3v) is 4.32. The molecule has 16 heavy (non-hydrogen) atoms. The molecule has 1 heterocycles. The average molecular weight is 242 g/mol. The van der Waals surface area contributed by atoms with Gasteiger partial charge in [0.05, 0.1) is 4.20 Å². The molecule has 2 heteroatoms. The summed E-state index contributed by atoms with van der Waals surface area (Å²) in [4.78, 5) is 0. The zero-order chi connectivity index (χ0) is 11.0. The van der Waals surface area contributed by atoms with Crippen LogP contribution in [-0.2, 0) is 5.75 Å². The van der Waals surface area contributed by atoms with Crippen molar-refractivity contribution in [2.75, 3.05) is 0 Å². The highest BCUT2D eigenvalue weighted by Gasteiger charge is 2.16. The van der Waals surface area contributed by atoms with Gasteiger partial charge in [0.25, 0.3) is 0 Å². The van der Waals surface area contributed by atoms with Crippen molar-refractivity contribution in [3.8, 4) is 11.1 Å². The Morgan fingerprint density at radius 1 is 0.812 bits per heavy atom. The molecular formula is C14H10S2. The fourth-order valence-electron chi connectivity index (χ4n) is 2.03. The van der Waals surface area contributed by atoms with Crippen LogP contribution >= 0.6 is 24.0 Å². The van der Waals surface area contributed by atoms with Crippen LogP contribution in [-0.4, -0.2) is 4.20 Å². The summed E-state index contributed by atoms with van der Waals surface area (Å²) in [6.45, 7) is 0. The van der Waals surface area contributed by atoms with Crippen molar-refractivity contribution in [1.82, 2.24) is 0 Å². The van der Waals surface area contributed by atoms with Crippen LogP contribution in [0.5, 0.6) is 0 Å². The summed E-state index contributed by atoms with van der Waals surface area (Å²) in [5, 5.41) is 0. The average Bonchev–Trinajstić information content (AvgIpc) is 2.49. The maximum absolute atomic E-state index is 5.46. The zero-order valence-electron chi connectivity index (χ0n) is 8.64. The minimum atomic E-state index is 0.976. The summed E-state index contributed by atoms with van der Waals surface area (Å²) in [5.41, 5.74) is 5.17. The van der Waals surface area contributed by atoms with Gasteiger partial charge in [-0.2, -0.15) is 0 Å². The number of benzene rings is 2. The predicted octanol–water partition coefficient (Wildman–Crippen LogP) is 4.28. The van der Waals surface area contributed by atoms with Gasteiger partial charge in [0, 0.05) is 11.3 Å². The Morgan fingerprint density at radius 3 is 2.25 bits per heavy atom. The summed E-state index contributed by atoms with van der Waals surface area (Å²) in [5.74, 6) is 0.976. The van der Waals surface area contributed by atoms with Crippen molar-refractivity contribution in [2.45, 2.75) is 5.75 Å². The summed E-state index contributed by atoms with van der Waals surface area (Å²) < 4.78 is 1.01. The Balaban J connectivity index is 2.32. The van der Waals surface area contributed by atoms with Crippen LogP contribution in [0.25, 0.3) is 11.1 Å². The van der Waals surface area contributed by atoms with Crippen molar-refractivity contribution in [3.05, 3.63) is 59.7 Å². The van der Waals surface area contributed by atoms with Crippen LogP contribution in [0.2, 0.25) is 0 Å². The molecule has 0 nitrogen and oxygen atoms in total. The van der Waals surface area contributed by atoms with Gasteiger partial charge in [-0.1, -0.05) is 60.7 Å². The number of rotatable bonds is 0. The number of thiocarbonyl (C=S) groups is 1. The molecule has 78 valence electrons. The first kappa shape index (κ1) is 10.1. The molecule has 0 saturated carbocycles. The molecule has 0 atom stereocenters. The van der Waals surface area contributed by atoms with Gasteiger partial charge in [-0.15, -0.1) is 11.8 Å². The number of hydrogen-bond acceptors (Lipinski definition) is 2. The van der Waals surface area contributed by atoms with E-state index >= 15 is 0 Å². The standard InChI is InChI=1S/C14H10S2/c15-14-13-8-4-3-7-12(13)11-6-2-1-5-10(11)9-16-14/h1-8H,9H2. The van der Waals surface area contributed by atoms with Gasteiger partial charge in [0.1, 0.15) is 0 Å². The van der Waals surface area contributed by atoms with Gasteiger partial charge >= 0.3 is 0 Å².